The molecular formula is C15H13N3O2. The first kappa shape index (κ1) is 12.2. The lowest BCUT2D eigenvalue weighted by atomic mass is 10.2. The van der Waals surface area contributed by atoms with E-state index < -0.39 is 0 Å². The van der Waals surface area contributed by atoms with Gasteiger partial charge in [0, 0.05) is 24.3 Å². The van der Waals surface area contributed by atoms with E-state index in [2.05, 4.69) is 10.3 Å². The van der Waals surface area contributed by atoms with Gasteiger partial charge in [-0.1, -0.05) is 0 Å². The minimum atomic E-state index is -0.188. The fourth-order valence-electron chi connectivity index (χ4n) is 2.00. The Morgan fingerprint density at radius 2 is 2.00 bits per heavy atom. The monoisotopic (exact) mass is 267 g/mol. The highest BCUT2D eigenvalue weighted by Crippen LogP contribution is 2.17. The lowest BCUT2D eigenvalue weighted by Crippen LogP contribution is -2.13. The molecule has 1 N–H and O–H groups in total. The summed E-state index contributed by atoms with van der Waals surface area (Å²) >= 11 is 0. The fraction of sp³-hybridized carbons (Fsp3) is 0.0667. The van der Waals surface area contributed by atoms with Crippen LogP contribution in [0.4, 0.5) is 5.69 Å². The van der Waals surface area contributed by atoms with Crippen LogP contribution >= 0.6 is 0 Å². The minimum absolute atomic E-state index is 0.188. The Labute approximate surface area is 115 Å². The molecular weight excluding hydrogens is 254 g/mol. The first-order valence-electron chi connectivity index (χ1n) is 6.15. The van der Waals surface area contributed by atoms with Crippen molar-refractivity contribution >= 4 is 17.2 Å². The van der Waals surface area contributed by atoms with Crippen molar-refractivity contribution < 1.29 is 9.53 Å². The number of anilines is 1. The predicted octanol–water partition coefficient (Wildman–Crippen LogP) is 2.60. The summed E-state index contributed by atoms with van der Waals surface area (Å²) in [5.74, 6) is 0.560. The third-order valence-electron chi connectivity index (χ3n) is 3.01. The Morgan fingerprint density at radius 3 is 2.75 bits per heavy atom. The van der Waals surface area contributed by atoms with Crippen molar-refractivity contribution in [1.82, 2.24) is 9.38 Å². The van der Waals surface area contributed by atoms with Gasteiger partial charge in [-0.25, -0.2) is 4.98 Å². The molecule has 0 aliphatic rings. The summed E-state index contributed by atoms with van der Waals surface area (Å²) < 4.78 is 6.89. The van der Waals surface area contributed by atoms with E-state index in [0.29, 0.717) is 16.9 Å². The van der Waals surface area contributed by atoms with Crippen molar-refractivity contribution in [3.05, 3.63) is 60.6 Å². The summed E-state index contributed by atoms with van der Waals surface area (Å²) in [5.41, 5.74) is 1.89. The molecule has 0 unspecified atom stereocenters. The number of nitrogens with one attached hydrogen (secondary N) is 1. The number of imidazole rings is 1. The summed E-state index contributed by atoms with van der Waals surface area (Å²) in [6.45, 7) is 0. The molecule has 0 saturated carbocycles. The normalized spacial score (nSPS) is 10.4. The lowest BCUT2D eigenvalue weighted by molar-refractivity contribution is 0.102. The molecule has 5 heteroatoms. The van der Waals surface area contributed by atoms with Gasteiger partial charge in [0.15, 0.2) is 0 Å². The van der Waals surface area contributed by atoms with Crippen LogP contribution in [0.5, 0.6) is 5.75 Å². The van der Waals surface area contributed by atoms with Crippen molar-refractivity contribution in [3.8, 4) is 5.75 Å². The van der Waals surface area contributed by atoms with E-state index in [1.807, 2.05) is 16.7 Å². The molecule has 0 saturated heterocycles. The van der Waals surface area contributed by atoms with Gasteiger partial charge in [-0.05, 0) is 36.4 Å². The Balaban J connectivity index is 1.87. The zero-order chi connectivity index (χ0) is 13.9. The topological polar surface area (TPSA) is 55.6 Å². The van der Waals surface area contributed by atoms with E-state index in [0.717, 1.165) is 5.75 Å². The van der Waals surface area contributed by atoms with E-state index in [1.54, 1.807) is 49.8 Å². The van der Waals surface area contributed by atoms with Gasteiger partial charge in [-0.15, -0.1) is 0 Å². The molecule has 3 rings (SSSR count). The van der Waals surface area contributed by atoms with Gasteiger partial charge in [-0.3, -0.25) is 4.79 Å². The molecule has 1 aromatic carbocycles. The zero-order valence-corrected chi connectivity index (χ0v) is 10.9. The molecule has 0 spiro atoms. The third-order valence-corrected chi connectivity index (χ3v) is 3.01. The third kappa shape index (κ3) is 2.21. The number of ether oxygens (including phenoxy) is 1. The first-order chi connectivity index (χ1) is 9.78. The minimum Gasteiger partial charge on any atom is -0.497 e. The van der Waals surface area contributed by atoms with Crippen molar-refractivity contribution in [3.63, 3.8) is 0 Å². The molecule has 5 nitrogen and oxygen atoms in total. The Morgan fingerprint density at radius 1 is 1.20 bits per heavy atom. The fourth-order valence-corrected chi connectivity index (χ4v) is 2.00. The summed E-state index contributed by atoms with van der Waals surface area (Å²) in [4.78, 5) is 16.5. The molecule has 20 heavy (non-hydrogen) atoms. The van der Waals surface area contributed by atoms with Gasteiger partial charge in [0.05, 0.1) is 12.7 Å². The highest BCUT2D eigenvalue weighted by molar-refractivity contribution is 6.08. The maximum atomic E-state index is 12.3. The van der Waals surface area contributed by atoms with Crippen molar-refractivity contribution in [2.75, 3.05) is 12.4 Å². The van der Waals surface area contributed by atoms with E-state index in [1.165, 1.54) is 0 Å². The van der Waals surface area contributed by atoms with Gasteiger partial charge < -0.3 is 14.5 Å². The number of carbonyl (C=O) groups is 1. The highest BCUT2D eigenvalue weighted by atomic mass is 16.5. The SMILES string of the molecule is COc1ccc(NC(=O)c2cccn3ccnc23)cc1. The number of carbonyl (C=O) groups excluding carboxylic acids is 1. The van der Waals surface area contributed by atoms with E-state index in [9.17, 15) is 4.79 Å². The van der Waals surface area contributed by atoms with E-state index >= 15 is 0 Å². The number of pyridine rings is 1. The van der Waals surface area contributed by atoms with Crippen molar-refractivity contribution in [2.24, 2.45) is 0 Å². The Bertz CT molecular complexity index is 747. The van der Waals surface area contributed by atoms with Crippen molar-refractivity contribution in [1.29, 1.82) is 0 Å². The molecule has 1 amide bonds. The van der Waals surface area contributed by atoms with Crippen molar-refractivity contribution in [2.45, 2.75) is 0 Å². The number of fused-ring (bicyclic) bond motifs is 1. The molecule has 2 aromatic heterocycles. The molecule has 0 radical (unpaired) electrons. The number of rotatable bonds is 3. The molecule has 100 valence electrons. The van der Waals surface area contributed by atoms with Crippen LogP contribution < -0.4 is 10.1 Å². The van der Waals surface area contributed by atoms with Crippen LogP contribution in [-0.4, -0.2) is 22.4 Å². The standard InChI is InChI=1S/C15H13N3O2/c1-20-12-6-4-11(5-7-12)17-15(19)13-3-2-9-18-10-8-16-14(13)18/h2-10H,1H3,(H,17,19). The number of methoxy groups -OCH3 is 1. The van der Waals surface area contributed by atoms with Gasteiger partial charge in [-0.2, -0.15) is 0 Å². The predicted molar refractivity (Wildman–Crippen MR) is 76.1 cm³/mol. The molecule has 0 aliphatic carbocycles. The number of hydrogen-bond donors (Lipinski definition) is 1. The average molecular weight is 267 g/mol. The van der Waals surface area contributed by atoms with Crippen LogP contribution in [0.15, 0.2) is 55.0 Å². The maximum Gasteiger partial charge on any atom is 0.259 e. The summed E-state index contributed by atoms with van der Waals surface area (Å²) in [6.07, 6.45) is 5.32. The average Bonchev–Trinajstić information content (AvgIpc) is 2.96. The molecule has 0 bridgehead atoms. The van der Waals surface area contributed by atoms with Crippen LogP contribution in [0.1, 0.15) is 10.4 Å². The lowest BCUT2D eigenvalue weighted by Gasteiger charge is -2.07. The highest BCUT2D eigenvalue weighted by Gasteiger charge is 2.11. The van der Waals surface area contributed by atoms with Crippen LogP contribution in [0.3, 0.4) is 0 Å². The molecule has 0 atom stereocenters. The number of benzene rings is 1. The summed E-state index contributed by atoms with van der Waals surface area (Å²) in [7, 11) is 1.60. The largest absolute Gasteiger partial charge is 0.497 e. The second-order valence-electron chi connectivity index (χ2n) is 4.26. The van der Waals surface area contributed by atoms with Gasteiger partial charge in [0.1, 0.15) is 11.4 Å². The summed E-state index contributed by atoms with van der Waals surface area (Å²) in [5, 5.41) is 2.84. The molecule has 2 heterocycles. The van der Waals surface area contributed by atoms with Crippen LogP contribution in [0.25, 0.3) is 5.65 Å². The summed E-state index contributed by atoms with van der Waals surface area (Å²) in [6, 6.07) is 10.8. The van der Waals surface area contributed by atoms with Gasteiger partial charge in [0.2, 0.25) is 0 Å². The molecule has 0 aliphatic heterocycles. The zero-order valence-electron chi connectivity index (χ0n) is 10.9. The number of amides is 1. The van der Waals surface area contributed by atoms with Crippen LogP contribution in [0, 0.1) is 0 Å². The second-order valence-corrected chi connectivity index (χ2v) is 4.26. The first-order valence-corrected chi connectivity index (χ1v) is 6.15. The Hall–Kier alpha value is -2.82. The Kier molecular flexibility index (Phi) is 3.09. The van der Waals surface area contributed by atoms with E-state index in [-0.39, 0.29) is 5.91 Å². The quantitative estimate of drug-likeness (QED) is 0.793. The smallest absolute Gasteiger partial charge is 0.259 e. The van der Waals surface area contributed by atoms with Crippen LogP contribution in [-0.2, 0) is 0 Å². The van der Waals surface area contributed by atoms with Gasteiger partial charge >= 0.3 is 0 Å². The number of aromatic nitrogens is 2. The molecule has 0 fully saturated rings. The second kappa shape index (κ2) is 5.05. The van der Waals surface area contributed by atoms with E-state index in [4.69, 9.17) is 4.74 Å². The van der Waals surface area contributed by atoms with Crippen LogP contribution in [0.2, 0.25) is 0 Å². The maximum absolute atomic E-state index is 12.3. The number of nitrogens with zero attached hydrogens (tertiary/aromatic N) is 2. The van der Waals surface area contributed by atoms with Gasteiger partial charge in [0.25, 0.3) is 5.91 Å². The molecule has 3 aromatic rings. The number of hydrogen-bond acceptors (Lipinski definition) is 3.